The molecule has 1 aromatic carbocycles. The van der Waals surface area contributed by atoms with Gasteiger partial charge >= 0.3 is 0 Å². The molecule has 0 saturated carbocycles. The number of pyridine rings is 1. The van der Waals surface area contributed by atoms with Crippen LogP contribution in [-0.4, -0.2) is 35.2 Å². The second kappa shape index (κ2) is 6.81. The van der Waals surface area contributed by atoms with Crippen LogP contribution in [0.3, 0.4) is 0 Å². The van der Waals surface area contributed by atoms with Crippen LogP contribution < -0.4 is 0 Å². The smallest absolute Gasteiger partial charge is 0.180 e. The summed E-state index contributed by atoms with van der Waals surface area (Å²) >= 11 is 0. The largest absolute Gasteiger partial charge is 0.293 e. The van der Waals surface area contributed by atoms with E-state index in [2.05, 4.69) is 30.9 Å². The Hall–Kier alpha value is -2.54. The Bertz CT molecular complexity index is 1190. The molecule has 3 aromatic rings. The number of hydrogen-bond acceptors (Lipinski definition) is 5. The van der Waals surface area contributed by atoms with Gasteiger partial charge in [0.15, 0.2) is 15.6 Å². The van der Waals surface area contributed by atoms with E-state index in [0.717, 1.165) is 28.3 Å². The molecule has 0 atom stereocenters. The van der Waals surface area contributed by atoms with Crippen molar-refractivity contribution in [2.75, 3.05) is 6.26 Å². The molecule has 7 heteroatoms. The molecular formula is C21H25N3O3S. The molecule has 3 rings (SSSR count). The Balaban J connectivity index is 2.26. The van der Waals surface area contributed by atoms with Crippen molar-refractivity contribution in [1.82, 2.24) is 14.8 Å². The lowest BCUT2D eigenvalue weighted by Gasteiger charge is -2.19. The Morgan fingerprint density at radius 3 is 2.36 bits per heavy atom. The SMILES string of the molecule is CC(=O)c1nn(CC(C)(C)C)c2c(C)cc(-c3cncc(S(C)(=O)=O)c3)cc12. The van der Waals surface area contributed by atoms with Gasteiger partial charge in [0.1, 0.15) is 5.69 Å². The number of fused-ring (bicyclic) bond motifs is 1. The topological polar surface area (TPSA) is 81.9 Å². The third kappa shape index (κ3) is 3.99. The molecule has 0 radical (unpaired) electrons. The number of carbonyl (C=O) groups is 1. The lowest BCUT2D eigenvalue weighted by Crippen LogP contribution is -2.17. The molecule has 0 bridgehead atoms. The van der Waals surface area contributed by atoms with Gasteiger partial charge < -0.3 is 0 Å². The molecular weight excluding hydrogens is 374 g/mol. The number of carbonyl (C=O) groups excluding carboxylic acids is 1. The second-order valence-corrected chi connectivity index (χ2v) is 10.5. The second-order valence-electron chi connectivity index (χ2n) is 8.49. The van der Waals surface area contributed by atoms with E-state index in [1.54, 1.807) is 12.3 Å². The molecule has 0 N–H and O–H groups in total. The van der Waals surface area contributed by atoms with E-state index in [1.807, 2.05) is 23.7 Å². The van der Waals surface area contributed by atoms with Crippen molar-refractivity contribution in [2.24, 2.45) is 5.41 Å². The molecule has 28 heavy (non-hydrogen) atoms. The zero-order valence-electron chi connectivity index (χ0n) is 17.1. The lowest BCUT2D eigenvalue weighted by atomic mass is 9.96. The number of aromatic nitrogens is 3. The Morgan fingerprint density at radius 1 is 1.11 bits per heavy atom. The summed E-state index contributed by atoms with van der Waals surface area (Å²) in [5.74, 6) is -0.0998. The average Bonchev–Trinajstić information content (AvgIpc) is 2.91. The van der Waals surface area contributed by atoms with Gasteiger partial charge in [0.05, 0.1) is 10.4 Å². The van der Waals surface area contributed by atoms with Gasteiger partial charge in [-0.25, -0.2) is 8.42 Å². The number of benzene rings is 1. The van der Waals surface area contributed by atoms with E-state index in [9.17, 15) is 13.2 Å². The van der Waals surface area contributed by atoms with E-state index in [-0.39, 0.29) is 16.1 Å². The fraction of sp³-hybridized carbons (Fsp3) is 0.381. The van der Waals surface area contributed by atoms with E-state index >= 15 is 0 Å². The quantitative estimate of drug-likeness (QED) is 0.618. The number of ketones is 1. The zero-order valence-corrected chi connectivity index (χ0v) is 17.9. The van der Waals surface area contributed by atoms with Crippen molar-refractivity contribution in [3.63, 3.8) is 0 Å². The van der Waals surface area contributed by atoms with Gasteiger partial charge in [0.25, 0.3) is 0 Å². The summed E-state index contributed by atoms with van der Waals surface area (Å²) in [6.07, 6.45) is 4.13. The Labute approximate surface area is 165 Å². The van der Waals surface area contributed by atoms with E-state index in [4.69, 9.17) is 0 Å². The minimum absolute atomic E-state index is 0.00581. The number of sulfone groups is 1. The first-order chi connectivity index (χ1) is 12.9. The van der Waals surface area contributed by atoms with Crippen LogP contribution >= 0.6 is 0 Å². The highest BCUT2D eigenvalue weighted by molar-refractivity contribution is 7.90. The van der Waals surface area contributed by atoms with Crippen molar-refractivity contribution in [3.8, 4) is 11.1 Å². The number of nitrogens with zero attached hydrogens (tertiary/aromatic N) is 3. The van der Waals surface area contributed by atoms with Crippen LogP contribution in [0.15, 0.2) is 35.5 Å². The number of aryl methyl sites for hydroxylation is 1. The number of Topliss-reactive ketones (excluding diaryl/α,β-unsaturated/α-hetero) is 1. The molecule has 2 heterocycles. The van der Waals surface area contributed by atoms with Crippen molar-refractivity contribution >= 4 is 26.5 Å². The third-order valence-corrected chi connectivity index (χ3v) is 5.55. The van der Waals surface area contributed by atoms with Crippen LogP contribution in [0.4, 0.5) is 0 Å². The van der Waals surface area contributed by atoms with Crippen LogP contribution in [-0.2, 0) is 16.4 Å². The van der Waals surface area contributed by atoms with Crippen LogP contribution in [0.1, 0.15) is 43.7 Å². The molecule has 0 aliphatic heterocycles. The summed E-state index contributed by atoms with van der Waals surface area (Å²) in [4.78, 5) is 16.5. The Kier molecular flexibility index (Phi) is 4.91. The van der Waals surface area contributed by atoms with Crippen LogP contribution in [0.25, 0.3) is 22.0 Å². The lowest BCUT2D eigenvalue weighted by molar-refractivity contribution is 0.101. The van der Waals surface area contributed by atoms with Gasteiger partial charge in [0, 0.05) is 43.1 Å². The van der Waals surface area contributed by atoms with Crippen LogP contribution in [0, 0.1) is 12.3 Å². The summed E-state index contributed by atoms with van der Waals surface area (Å²) in [5, 5.41) is 5.36. The highest BCUT2D eigenvalue weighted by Crippen LogP contribution is 2.32. The van der Waals surface area contributed by atoms with Gasteiger partial charge in [-0.05, 0) is 41.7 Å². The molecule has 148 valence electrons. The maximum atomic E-state index is 12.2. The fourth-order valence-electron chi connectivity index (χ4n) is 3.30. The fourth-order valence-corrected chi connectivity index (χ4v) is 3.89. The molecule has 2 aromatic heterocycles. The van der Waals surface area contributed by atoms with Crippen molar-refractivity contribution < 1.29 is 13.2 Å². The highest BCUT2D eigenvalue weighted by Gasteiger charge is 2.21. The summed E-state index contributed by atoms with van der Waals surface area (Å²) in [6, 6.07) is 5.49. The molecule has 0 aliphatic rings. The minimum atomic E-state index is -3.36. The normalized spacial score (nSPS) is 12.5. The molecule has 0 unspecified atom stereocenters. The molecule has 0 aliphatic carbocycles. The van der Waals surface area contributed by atoms with E-state index < -0.39 is 9.84 Å². The zero-order chi connectivity index (χ0) is 20.9. The molecule has 6 nitrogen and oxygen atoms in total. The molecule has 0 saturated heterocycles. The molecule has 0 spiro atoms. The van der Waals surface area contributed by atoms with Crippen molar-refractivity contribution in [2.45, 2.75) is 46.1 Å². The number of rotatable bonds is 4. The standard InChI is InChI=1S/C21H25N3O3S/c1-13-7-15(16-8-17(11-22-10-16)28(6,26)27)9-18-19(14(2)25)23-24(20(13)18)12-21(3,4)5/h7-11H,12H2,1-6H3. The van der Waals surface area contributed by atoms with E-state index in [1.165, 1.54) is 13.1 Å². The summed E-state index contributed by atoms with van der Waals surface area (Å²) in [6.45, 7) is 10.5. The summed E-state index contributed by atoms with van der Waals surface area (Å²) < 4.78 is 25.7. The van der Waals surface area contributed by atoms with E-state index in [0.29, 0.717) is 17.8 Å². The predicted molar refractivity (Wildman–Crippen MR) is 110 cm³/mol. The van der Waals surface area contributed by atoms with Gasteiger partial charge in [-0.2, -0.15) is 5.10 Å². The average molecular weight is 400 g/mol. The minimum Gasteiger partial charge on any atom is -0.293 e. The van der Waals surface area contributed by atoms with Crippen LogP contribution in [0.5, 0.6) is 0 Å². The third-order valence-electron chi connectivity index (χ3n) is 4.47. The molecule has 0 fully saturated rings. The molecule has 0 amide bonds. The first-order valence-corrected chi connectivity index (χ1v) is 10.9. The van der Waals surface area contributed by atoms with Gasteiger partial charge in [0.2, 0.25) is 0 Å². The maximum absolute atomic E-state index is 12.2. The van der Waals surface area contributed by atoms with Crippen molar-refractivity contribution in [3.05, 3.63) is 41.9 Å². The summed E-state index contributed by atoms with van der Waals surface area (Å²) in [7, 11) is -3.36. The van der Waals surface area contributed by atoms with Gasteiger partial charge in [-0.3, -0.25) is 14.5 Å². The first kappa shape index (κ1) is 20.2. The first-order valence-electron chi connectivity index (χ1n) is 9.04. The maximum Gasteiger partial charge on any atom is 0.180 e. The monoisotopic (exact) mass is 399 g/mol. The van der Waals surface area contributed by atoms with Crippen LogP contribution in [0.2, 0.25) is 0 Å². The van der Waals surface area contributed by atoms with Gasteiger partial charge in [-0.1, -0.05) is 20.8 Å². The highest BCUT2D eigenvalue weighted by atomic mass is 32.2. The Morgan fingerprint density at radius 2 is 1.79 bits per heavy atom. The van der Waals surface area contributed by atoms with Gasteiger partial charge in [-0.15, -0.1) is 0 Å². The summed E-state index contributed by atoms with van der Waals surface area (Å²) in [5.41, 5.74) is 3.83. The number of hydrogen-bond donors (Lipinski definition) is 0. The predicted octanol–water partition coefficient (Wildman–Crippen LogP) is 4.06. The van der Waals surface area contributed by atoms with Crippen molar-refractivity contribution in [1.29, 1.82) is 0 Å².